The van der Waals surface area contributed by atoms with Gasteiger partial charge in [-0.1, -0.05) is 6.42 Å². The van der Waals surface area contributed by atoms with Crippen LogP contribution in [0.2, 0.25) is 0 Å². The molecular formula is C14H25N3O. The summed E-state index contributed by atoms with van der Waals surface area (Å²) in [7, 11) is 0. The molecular weight excluding hydrogens is 226 g/mol. The Labute approximate surface area is 110 Å². The van der Waals surface area contributed by atoms with E-state index in [9.17, 15) is 4.79 Å². The minimum absolute atomic E-state index is 0.293. The first kappa shape index (κ1) is 12.4. The second kappa shape index (κ2) is 5.57. The van der Waals surface area contributed by atoms with Crippen molar-refractivity contribution in [3.05, 3.63) is 0 Å². The zero-order chi connectivity index (χ0) is 12.4. The summed E-state index contributed by atoms with van der Waals surface area (Å²) in [5.74, 6) is 0.714. The molecule has 1 saturated carbocycles. The molecule has 3 fully saturated rings. The lowest BCUT2D eigenvalue weighted by Gasteiger charge is -2.43. The van der Waals surface area contributed by atoms with E-state index < -0.39 is 0 Å². The standard InChI is InChI=1S/C14H25N3O/c18-14(12-4-6-15-7-5-12)17-10-8-16(9-11-17)13-2-1-3-13/h12-13,15H,1-11H2. The van der Waals surface area contributed by atoms with E-state index in [4.69, 9.17) is 0 Å². The average Bonchev–Trinajstić information content (AvgIpc) is 2.38. The molecule has 0 spiro atoms. The third-order valence-corrected chi connectivity index (χ3v) is 4.91. The van der Waals surface area contributed by atoms with Crippen LogP contribution in [0.4, 0.5) is 0 Å². The molecule has 18 heavy (non-hydrogen) atoms. The van der Waals surface area contributed by atoms with Gasteiger partial charge in [-0.25, -0.2) is 0 Å². The number of nitrogens with zero attached hydrogens (tertiary/aromatic N) is 2. The van der Waals surface area contributed by atoms with E-state index in [-0.39, 0.29) is 0 Å². The molecule has 0 bridgehead atoms. The van der Waals surface area contributed by atoms with Gasteiger partial charge in [-0.3, -0.25) is 9.69 Å². The first-order valence-corrected chi connectivity index (χ1v) is 7.58. The van der Waals surface area contributed by atoms with E-state index in [2.05, 4.69) is 15.1 Å². The number of amides is 1. The topological polar surface area (TPSA) is 35.6 Å². The lowest BCUT2D eigenvalue weighted by Crippen LogP contribution is -2.55. The smallest absolute Gasteiger partial charge is 0.225 e. The number of nitrogens with one attached hydrogen (secondary N) is 1. The number of carbonyl (C=O) groups excluding carboxylic acids is 1. The molecule has 0 aromatic carbocycles. The third-order valence-electron chi connectivity index (χ3n) is 4.91. The Morgan fingerprint density at radius 2 is 1.61 bits per heavy atom. The Morgan fingerprint density at radius 1 is 0.944 bits per heavy atom. The summed E-state index contributed by atoms with van der Waals surface area (Å²) in [5, 5.41) is 3.33. The van der Waals surface area contributed by atoms with Gasteiger partial charge in [0.2, 0.25) is 5.91 Å². The van der Waals surface area contributed by atoms with E-state index in [1.165, 1.54) is 19.3 Å². The molecule has 3 aliphatic rings. The fourth-order valence-corrected chi connectivity index (χ4v) is 3.39. The Kier molecular flexibility index (Phi) is 3.85. The zero-order valence-corrected chi connectivity index (χ0v) is 11.2. The van der Waals surface area contributed by atoms with Crippen molar-refractivity contribution in [1.82, 2.24) is 15.1 Å². The number of piperazine rings is 1. The Hall–Kier alpha value is -0.610. The normalized spacial score (nSPS) is 28.1. The van der Waals surface area contributed by atoms with Crippen molar-refractivity contribution in [1.29, 1.82) is 0 Å². The maximum atomic E-state index is 12.4. The van der Waals surface area contributed by atoms with Gasteiger partial charge in [0.15, 0.2) is 0 Å². The number of carbonyl (C=O) groups is 1. The summed E-state index contributed by atoms with van der Waals surface area (Å²) in [4.78, 5) is 17.1. The second-order valence-corrected chi connectivity index (χ2v) is 5.97. The summed E-state index contributed by atoms with van der Waals surface area (Å²) in [6, 6.07) is 0.834. The number of hydrogen-bond acceptors (Lipinski definition) is 3. The van der Waals surface area contributed by atoms with Crippen LogP contribution in [0.5, 0.6) is 0 Å². The van der Waals surface area contributed by atoms with Crippen molar-refractivity contribution < 1.29 is 4.79 Å². The van der Waals surface area contributed by atoms with E-state index >= 15 is 0 Å². The van der Waals surface area contributed by atoms with Crippen LogP contribution in [0.1, 0.15) is 32.1 Å². The van der Waals surface area contributed by atoms with Crippen molar-refractivity contribution in [2.24, 2.45) is 5.92 Å². The summed E-state index contributed by atoms with van der Waals surface area (Å²) < 4.78 is 0. The van der Waals surface area contributed by atoms with Crippen LogP contribution in [0, 0.1) is 5.92 Å². The minimum Gasteiger partial charge on any atom is -0.340 e. The zero-order valence-electron chi connectivity index (χ0n) is 11.2. The van der Waals surface area contributed by atoms with Crippen LogP contribution in [0.3, 0.4) is 0 Å². The lowest BCUT2D eigenvalue weighted by atomic mass is 9.91. The van der Waals surface area contributed by atoms with Crippen LogP contribution in [0.15, 0.2) is 0 Å². The van der Waals surface area contributed by atoms with Crippen LogP contribution in [-0.2, 0) is 4.79 Å². The molecule has 4 nitrogen and oxygen atoms in total. The molecule has 2 heterocycles. The van der Waals surface area contributed by atoms with Gasteiger partial charge in [-0.2, -0.15) is 0 Å². The molecule has 0 unspecified atom stereocenters. The van der Waals surface area contributed by atoms with E-state index in [1.807, 2.05) is 0 Å². The SMILES string of the molecule is O=C(C1CCNCC1)N1CCN(C2CCC2)CC1. The largest absolute Gasteiger partial charge is 0.340 e. The molecule has 1 amide bonds. The lowest BCUT2D eigenvalue weighted by molar-refractivity contribution is -0.138. The van der Waals surface area contributed by atoms with Gasteiger partial charge in [0.1, 0.15) is 0 Å². The van der Waals surface area contributed by atoms with E-state index in [0.29, 0.717) is 11.8 Å². The summed E-state index contributed by atoms with van der Waals surface area (Å²) in [6.45, 7) is 6.14. The van der Waals surface area contributed by atoms with Gasteiger partial charge in [-0.15, -0.1) is 0 Å². The number of piperidine rings is 1. The third kappa shape index (κ3) is 2.54. The summed E-state index contributed by atoms with van der Waals surface area (Å²) in [6.07, 6.45) is 6.21. The summed E-state index contributed by atoms with van der Waals surface area (Å²) >= 11 is 0. The predicted molar refractivity (Wildman–Crippen MR) is 71.4 cm³/mol. The predicted octanol–water partition coefficient (Wildman–Crippen LogP) is 0.683. The Bertz CT molecular complexity index is 289. The van der Waals surface area contributed by atoms with Crippen molar-refractivity contribution in [3.63, 3.8) is 0 Å². The van der Waals surface area contributed by atoms with Gasteiger partial charge in [-0.05, 0) is 38.8 Å². The number of rotatable bonds is 2. The molecule has 4 heteroatoms. The average molecular weight is 251 g/mol. The quantitative estimate of drug-likeness (QED) is 0.784. The van der Waals surface area contributed by atoms with Crippen LogP contribution >= 0.6 is 0 Å². The molecule has 0 aromatic heterocycles. The first-order chi connectivity index (χ1) is 8.84. The van der Waals surface area contributed by atoms with Crippen LogP contribution in [0.25, 0.3) is 0 Å². The molecule has 2 aliphatic heterocycles. The highest BCUT2D eigenvalue weighted by Gasteiger charge is 2.31. The molecule has 0 radical (unpaired) electrons. The van der Waals surface area contributed by atoms with Gasteiger partial charge >= 0.3 is 0 Å². The van der Waals surface area contributed by atoms with Crippen LogP contribution in [-0.4, -0.2) is 61.0 Å². The summed E-state index contributed by atoms with van der Waals surface area (Å²) in [5.41, 5.74) is 0. The molecule has 3 rings (SSSR count). The van der Waals surface area contributed by atoms with Crippen molar-refractivity contribution in [3.8, 4) is 0 Å². The monoisotopic (exact) mass is 251 g/mol. The van der Waals surface area contributed by atoms with Gasteiger partial charge in [0.05, 0.1) is 0 Å². The Balaban J connectivity index is 1.47. The van der Waals surface area contributed by atoms with Gasteiger partial charge in [0.25, 0.3) is 0 Å². The molecule has 2 saturated heterocycles. The Morgan fingerprint density at radius 3 is 2.17 bits per heavy atom. The van der Waals surface area contributed by atoms with E-state index in [0.717, 1.165) is 58.2 Å². The molecule has 1 N–H and O–H groups in total. The van der Waals surface area contributed by atoms with Crippen molar-refractivity contribution in [2.75, 3.05) is 39.3 Å². The minimum atomic E-state index is 0.293. The highest BCUT2D eigenvalue weighted by atomic mass is 16.2. The highest BCUT2D eigenvalue weighted by molar-refractivity contribution is 5.79. The highest BCUT2D eigenvalue weighted by Crippen LogP contribution is 2.26. The van der Waals surface area contributed by atoms with Crippen LogP contribution < -0.4 is 5.32 Å². The van der Waals surface area contributed by atoms with Gasteiger partial charge < -0.3 is 10.2 Å². The maximum absolute atomic E-state index is 12.4. The van der Waals surface area contributed by atoms with Crippen molar-refractivity contribution in [2.45, 2.75) is 38.1 Å². The van der Waals surface area contributed by atoms with Crippen molar-refractivity contribution >= 4 is 5.91 Å². The molecule has 1 aliphatic carbocycles. The fourth-order valence-electron chi connectivity index (χ4n) is 3.39. The number of hydrogen-bond donors (Lipinski definition) is 1. The maximum Gasteiger partial charge on any atom is 0.225 e. The molecule has 0 aromatic rings. The van der Waals surface area contributed by atoms with E-state index in [1.54, 1.807) is 0 Å². The molecule has 0 atom stereocenters. The van der Waals surface area contributed by atoms with Gasteiger partial charge in [0, 0.05) is 38.1 Å². The molecule has 102 valence electrons. The fraction of sp³-hybridized carbons (Fsp3) is 0.929. The first-order valence-electron chi connectivity index (χ1n) is 7.58. The second-order valence-electron chi connectivity index (χ2n) is 5.97.